The van der Waals surface area contributed by atoms with Crippen LogP contribution in [-0.4, -0.2) is 42.8 Å². The van der Waals surface area contributed by atoms with Gasteiger partial charge in [0.15, 0.2) is 5.78 Å². The quantitative estimate of drug-likeness (QED) is 0.630. The van der Waals surface area contributed by atoms with Gasteiger partial charge in [0.05, 0.1) is 12.7 Å². The minimum atomic E-state index is -0.431. The predicted octanol–water partition coefficient (Wildman–Crippen LogP) is 3.37. The van der Waals surface area contributed by atoms with E-state index in [1.54, 1.807) is 24.3 Å². The molecule has 0 radical (unpaired) electrons. The third kappa shape index (κ3) is 3.94. The molecule has 0 spiro atoms. The van der Waals surface area contributed by atoms with E-state index in [0.717, 1.165) is 36.5 Å². The van der Waals surface area contributed by atoms with Crippen LogP contribution in [0.3, 0.4) is 0 Å². The number of anilines is 1. The second-order valence-corrected chi connectivity index (χ2v) is 7.51. The number of fused-ring (bicyclic) bond motifs is 1. The van der Waals surface area contributed by atoms with Gasteiger partial charge in [-0.05, 0) is 37.6 Å². The maximum absolute atomic E-state index is 12.6. The Bertz CT molecular complexity index is 886. The molecule has 142 valence electrons. The lowest BCUT2D eigenvalue weighted by Gasteiger charge is -2.25. The average molecular weight is 386 g/mol. The third-order valence-corrected chi connectivity index (χ3v) is 5.89. The van der Waals surface area contributed by atoms with Gasteiger partial charge in [0, 0.05) is 29.1 Å². The maximum atomic E-state index is 12.6. The first-order valence-electron chi connectivity index (χ1n) is 8.82. The Kier molecular flexibility index (Phi) is 5.72. The van der Waals surface area contributed by atoms with Gasteiger partial charge in [-0.1, -0.05) is 19.1 Å². The molecule has 1 N–H and O–H groups in total. The van der Waals surface area contributed by atoms with E-state index in [1.807, 2.05) is 0 Å². The number of amides is 1. The van der Waals surface area contributed by atoms with Crippen molar-refractivity contribution in [2.24, 2.45) is 0 Å². The first-order chi connectivity index (χ1) is 12.9. The molecule has 0 saturated heterocycles. The Morgan fingerprint density at radius 2 is 1.85 bits per heavy atom. The van der Waals surface area contributed by atoms with Gasteiger partial charge in [-0.3, -0.25) is 14.5 Å². The molecule has 1 amide bonds. The Balaban J connectivity index is 1.89. The topological polar surface area (TPSA) is 75.7 Å². The van der Waals surface area contributed by atoms with Crippen LogP contribution in [0.4, 0.5) is 5.00 Å². The number of methoxy groups -OCH3 is 1. The van der Waals surface area contributed by atoms with Crippen molar-refractivity contribution in [3.63, 3.8) is 0 Å². The van der Waals surface area contributed by atoms with Crippen LogP contribution >= 0.6 is 11.3 Å². The molecule has 0 bridgehead atoms. The number of rotatable bonds is 5. The number of ether oxygens (including phenoxy) is 1. The van der Waals surface area contributed by atoms with Crippen LogP contribution in [0.1, 0.15) is 55.4 Å². The lowest BCUT2D eigenvalue weighted by Crippen LogP contribution is -2.29. The molecule has 1 aliphatic rings. The van der Waals surface area contributed by atoms with Gasteiger partial charge in [-0.2, -0.15) is 0 Å². The van der Waals surface area contributed by atoms with E-state index in [1.165, 1.54) is 25.4 Å². The molecule has 3 rings (SSSR count). The summed E-state index contributed by atoms with van der Waals surface area (Å²) in [6.07, 6.45) is 0.757. The van der Waals surface area contributed by atoms with Crippen molar-refractivity contribution >= 4 is 34.0 Å². The molecule has 27 heavy (non-hydrogen) atoms. The van der Waals surface area contributed by atoms with Gasteiger partial charge >= 0.3 is 5.97 Å². The summed E-state index contributed by atoms with van der Waals surface area (Å²) in [4.78, 5) is 39.7. The number of hydrogen-bond donors (Lipinski definition) is 1. The van der Waals surface area contributed by atoms with Gasteiger partial charge in [0.1, 0.15) is 5.00 Å². The Labute approximate surface area is 162 Å². The zero-order valence-corrected chi connectivity index (χ0v) is 16.4. The standard InChI is InChI=1S/C20H22N2O4S/c1-4-22-10-9-15-16(11-22)27-19(17(15)20(25)26-3)21-18(24)14-7-5-13(6-8-14)12(2)23/h5-8H,4,9-11H2,1-3H3,(H,21,24). The van der Waals surface area contributed by atoms with Crippen molar-refractivity contribution in [2.45, 2.75) is 26.8 Å². The molecule has 2 heterocycles. The highest BCUT2D eigenvalue weighted by Gasteiger charge is 2.29. The first kappa shape index (κ1) is 19.3. The smallest absolute Gasteiger partial charge is 0.341 e. The molecule has 0 aliphatic carbocycles. The lowest BCUT2D eigenvalue weighted by atomic mass is 10.0. The number of esters is 1. The summed E-state index contributed by atoms with van der Waals surface area (Å²) in [6, 6.07) is 6.46. The van der Waals surface area contributed by atoms with Crippen LogP contribution in [0.5, 0.6) is 0 Å². The van der Waals surface area contributed by atoms with E-state index in [2.05, 4.69) is 17.1 Å². The van der Waals surface area contributed by atoms with Gasteiger partial charge in [0.2, 0.25) is 0 Å². The second-order valence-electron chi connectivity index (χ2n) is 6.41. The number of Topliss-reactive ketones (excluding diaryl/α,β-unsaturated/α-hetero) is 1. The summed E-state index contributed by atoms with van der Waals surface area (Å²) in [5.74, 6) is -0.803. The van der Waals surface area contributed by atoms with E-state index in [4.69, 9.17) is 4.74 Å². The Morgan fingerprint density at radius 3 is 2.44 bits per heavy atom. The summed E-state index contributed by atoms with van der Waals surface area (Å²) in [5, 5.41) is 3.38. The molecular weight excluding hydrogens is 364 g/mol. The van der Waals surface area contributed by atoms with Crippen molar-refractivity contribution in [1.29, 1.82) is 0 Å². The van der Waals surface area contributed by atoms with Crippen LogP contribution in [0.2, 0.25) is 0 Å². The van der Waals surface area contributed by atoms with Crippen LogP contribution in [-0.2, 0) is 17.7 Å². The first-order valence-corrected chi connectivity index (χ1v) is 9.63. The SMILES string of the molecule is CCN1CCc2c(sc(NC(=O)c3ccc(C(C)=O)cc3)c2C(=O)OC)C1. The Hall–Kier alpha value is -2.51. The van der Waals surface area contributed by atoms with Crippen LogP contribution in [0, 0.1) is 0 Å². The zero-order valence-electron chi connectivity index (χ0n) is 15.6. The summed E-state index contributed by atoms with van der Waals surface area (Å²) in [5.41, 5.74) is 2.41. The minimum Gasteiger partial charge on any atom is -0.465 e. The zero-order chi connectivity index (χ0) is 19.6. The van der Waals surface area contributed by atoms with E-state index in [9.17, 15) is 14.4 Å². The van der Waals surface area contributed by atoms with Crippen molar-refractivity contribution in [3.8, 4) is 0 Å². The van der Waals surface area contributed by atoms with Gasteiger partial charge in [-0.25, -0.2) is 4.79 Å². The summed E-state index contributed by atoms with van der Waals surface area (Å²) < 4.78 is 4.95. The largest absolute Gasteiger partial charge is 0.465 e. The van der Waals surface area contributed by atoms with E-state index in [-0.39, 0.29) is 11.7 Å². The predicted molar refractivity (Wildman–Crippen MR) is 105 cm³/mol. The number of likely N-dealkylation sites (N-methyl/N-ethyl adjacent to an activating group) is 1. The number of benzene rings is 1. The molecule has 6 nitrogen and oxygen atoms in total. The highest BCUT2D eigenvalue weighted by atomic mass is 32.1. The molecule has 1 aliphatic heterocycles. The molecule has 0 fully saturated rings. The number of hydrogen-bond acceptors (Lipinski definition) is 6. The fourth-order valence-corrected chi connectivity index (χ4v) is 4.44. The van der Waals surface area contributed by atoms with Crippen LogP contribution < -0.4 is 5.32 Å². The molecule has 0 unspecified atom stereocenters. The Morgan fingerprint density at radius 1 is 1.19 bits per heavy atom. The fraction of sp³-hybridized carbons (Fsp3) is 0.350. The van der Waals surface area contributed by atoms with Crippen molar-refractivity contribution in [1.82, 2.24) is 4.90 Å². The normalized spacial score (nSPS) is 13.7. The van der Waals surface area contributed by atoms with Crippen LogP contribution in [0.15, 0.2) is 24.3 Å². The number of carbonyl (C=O) groups is 3. The van der Waals surface area contributed by atoms with E-state index >= 15 is 0 Å². The molecule has 7 heteroatoms. The number of nitrogens with zero attached hydrogens (tertiary/aromatic N) is 1. The van der Waals surface area contributed by atoms with Crippen molar-refractivity contribution < 1.29 is 19.1 Å². The molecule has 1 aromatic heterocycles. The molecule has 0 atom stereocenters. The van der Waals surface area contributed by atoms with Gasteiger partial charge in [-0.15, -0.1) is 11.3 Å². The van der Waals surface area contributed by atoms with Crippen LogP contribution in [0.25, 0.3) is 0 Å². The number of ketones is 1. The van der Waals surface area contributed by atoms with E-state index in [0.29, 0.717) is 21.7 Å². The molecule has 1 aromatic carbocycles. The maximum Gasteiger partial charge on any atom is 0.341 e. The van der Waals surface area contributed by atoms with E-state index < -0.39 is 5.97 Å². The summed E-state index contributed by atoms with van der Waals surface area (Å²) >= 11 is 1.43. The second kappa shape index (κ2) is 8.02. The van der Waals surface area contributed by atoms with Crippen molar-refractivity contribution in [3.05, 3.63) is 51.4 Å². The van der Waals surface area contributed by atoms with Gasteiger partial charge in [0.25, 0.3) is 5.91 Å². The molecular formula is C20H22N2O4S. The molecule has 0 saturated carbocycles. The average Bonchev–Trinajstić information content (AvgIpc) is 3.04. The van der Waals surface area contributed by atoms with Crippen molar-refractivity contribution in [2.75, 3.05) is 25.5 Å². The number of carbonyl (C=O) groups excluding carboxylic acids is 3. The summed E-state index contributed by atoms with van der Waals surface area (Å²) in [7, 11) is 1.35. The monoisotopic (exact) mass is 386 g/mol. The number of nitrogens with one attached hydrogen (secondary N) is 1. The molecule has 2 aromatic rings. The highest BCUT2D eigenvalue weighted by molar-refractivity contribution is 7.17. The van der Waals surface area contributed by atoms with Gasteiger partial charge < -0.3 is 10.1 Å². The number of thiophene rings is 1. The summed E-state index contributed by atoms with van der Waals surface area (Å²) in [6.45, 7) is 6.17. The third-order valence-electron chi connectivity index (χ3n) is 4.75. The lowest BCUT2D eigenvalue weighted by molar-refractivity contribution is 0.0600. The fourth-order valence-electron chi connectivity index (χ4n) is 3.16. The highest BCUT2D eigenvalue weighted by Crippen LogP contribution is 2.37. The minimum absolute atomic E-state index is 0.0543.